The van der Waals surface area contributed by atoms with Gasteiger partial charge in [-0.25, -0.2) is 9.37 Å². The van der Waals surface area contributed by atoms with E-state index in [9.17, 15) is 4.39 Å². The fourth-order valence-corrected chi connectivity index (χ4v) is 2.97. The summed E-state index contributed by atoms with van der Waals surface area (Å²) in [6.45, 7) is 0. The monoisotopic (exact) mass is 289 g/mol. The number of hydrogen-bond acceptors (Lipinski definition) is 4. The fourth-order valence-electron chi connectivity index (χ4n) is 2.32. The summed E-state index contributed by atoms with van der Waals surface area (Å²) in [6.07, 6.45) is 5.88. The molecule has 2 aromatic rings. The van der Waals surface area contributed by atoms with Crippen molar-refractivity contribution in [2.75, 3.05) is 5.43 Å². The zero-order valence-electron chi connectivity index (χ0n) is 11.1. The lowest BCUT2D eigenvalue weighted by atomic mass is 9.99. The van der Waals surface area contributed by atoms with Crippen molar-refractivity contribution in [3.8, 4) is 11.3 Å². The van der Waals surface area contributed by atoms with Crippen LogP contribution in [0, 0.1) is 5.82 Å². The number of hydrogen-bond donors (Lipinski definition) is 1. The molecule has 5 heteroatoms. The molecule has 1 aromatic carbocycles. The van der Waals surface area contributed by atoms with E-state index < -0.39 is 0 Å². The SMILES string of the molecule is Fc1ccccc1-c1csc(NN=C2CCCCC2)n1. The summed E-state index contributed by atoms with van der Waals surface area (Å²) in [6, 6.07) is 6.68. The molecule has 0 unspecified atom stereocenters. The third-order valence-corrected chi connectivity index (χ3v) is 4.14. The van der Waals surface area contributed by atoms with E-state index in [1.807, 2.05) is 11.4 Å². The molecule has 1 aliphatic carbocycles. The van der Waals surface area contributed by atoms with E-state index in [1.54, 1.807) is 12.1 Å². The van der Waals surface area contributed by atoms with Crippen LogP contribution in [0.5, 0.6) is 0 Å². The standard InChI is InChI=1S/C15H16FN3S/c16-13-9-5-4-8-12(13)14-10-20-15(17-14)19-18-11-6-2-1-3-7-11/h4-5,8-10H,1-3,6-7H2,(H,17,19). The van der Waals surface area contributed by atoms with E-state index >= 15 is 0 Å². The average molecular weight is 289 g/mol. The molecule has 1 aromatic heterocycles. The zero-order chi connectivity index (χ0) is 13.8. The van der Waals surface area contributed by atoms with Crippen LogP contribution in [0.15, 0.2) is 34.7 Å². The Morgan fingerprint density at radius 3 is 2.75 bits per heavy atom. The maximum Gasteiger partial charge on any atom is 0.203 e. The molecule has 0 amide bonds. The van der Waals surface area contributed by atoms with Crippen LogP contribution in [0.1, 0.15) is 32.1 Å². The van der Waals surface area contributed by atoms with Gasteiger partial charge in [0.05, 0.1) is 5.69 Å². The minimum absolute atomic E-state index is 0.247. The van der Waals surface area contributed by atoms with Gasteiger partial charge in [0.25, 0.3) is 0 Å². The maximum atomic E-state index is 13.7. The van der Waals surface area contributed by atoms with E-state index in [0.29, 0.717) is 16.4 Å². The third-order valence-electron chi connectivity index (χ3n) is 3.39. The first-order valence-electron chi connectivity index (χ1n) is 6.85. The van der Waals surface area contributed by atoms with Gasteiger partial charge in [-0.2, -0.15) is 5.10 Å². The van der Waals surface area contributed by atoms with Gasteiger partial charge in [-0.1, -0.05) is 18.6 Å². The van der Waals surface area contributed by atoms with Crippen molar-refractivity contribution in [2.45, 2.75) is 32.1 Å². The number of anilines is 1. The van der Waals surface area contributed by atoms with Crippen molar-refractivity contribution < 1.29 is 4.39 Å². The number of rotatable bonds is 3. The highest BCUT2D eigenvalue weighted by molar-refractivity contribution is 7.14. The van der Waals surface area contributed by atoms with Gasteiger partial charge in [-0.3, -0.25) is 5.43 Å². The minimum Gasteiger partial charge on any atom is -0.253 e. The zero-order valence-corrected chi connectivity index (χ0v) is 11.9. The fraction of sp³-hybridized carbons (Fsp3) is 0.333. The molecule has 0 aliphatic heterocycles. The number of benzene rings is 1. The topological polar surface area (TPSA) is 37.3 Å². The summed E-state index contributed by atoms with van der Waals surface area (Å²) in [5.74, 6) is -0.247. The van der Waals surface area contributed by atoms with Gasteiger partial charge in [0, 0.05) is 16.7 Å². The van der Waals surface area contributed by atoms with Gasteiger partial charge >= 0.3 is 0 Å². The van der Waals surface area contributed by atoms with Gasteiger partial charge in [0.15, 0.2) is 0 Å². The van der Waals surface area contributed by atoms with Crippen LogP contribution in [-0.4, -0.2) is 10.7 Å². The first-order chi connectivity index (χ1) is 9.83. The molecule has 0 atom stereocenters. The summed E-state index contributed by atoms with van der Waals surface area (Å²) in [5, 5.41) is 6.96. The van der Waals surface area contributed by atoms with Crippen molar-refractivity contribution in [1.82, 2.24) is 4.98 Å². The minimum atomic E-state index is -0.247. The smallest absolute Gasteiger partial charge is 0.203 e. The van der Waals surface area contributed by atoms with Crippen LogP contribution < -0.4 is 5.43 Å². The lowest BCUT2D eigenvalue weighted by Gasteiger charge is -2.11. The summed E-state index contributed by atoms with van der Waals surface area (Å²) in [5.41, 5.74) is 5.39. The Morgan fingerprint density at radius 2 is 1.95 bits per heavy atom. The number of nitrogens with zero attached hydrogens (tertiary/aromatic N) is 2. The van der Waals surface area contributed by atoms with Crippen LogP contribution in [0.2, 0.25) is 0 Å². The van der Waals surface area contributed by atoms with Gasteiger partial charge < -0.3 is 0 Å². The molecular formula is C15H16FN3S. The molecule has 20 heavy (non-hydrogen) atoms. The molecule has 0 radical (unpaired) electrons. The van der Waals surface area contributed by atoms with Gasteiger partial charge in [0.1, 0.15) is 5.82 Å². The Kier molecular flexibility index (Phi) is 4.06. The van der Waals surface area contributed by atoms with E-state index in [0.717, 1.165) is 12.8 Å². The molecule has 104 valence electrons. The summed E-state index contributed by atoms with van der Waals surface area (Å²) < 4.78 is 13.7. The van der Waals surface area contributed by atoms with Crippen LogP contribution in [0.3, 0.4) is 0 Å². The first kappa shape index (κ1) is 13.2. The Labute approximate surface area is 121 Å². The molecule has 0 spiro atoms. The Bertz CT molecular complexity index is 613. The van der Waals surface area contributed by atoms with Gasteiger partial charge in [-0.05, 0) is 37.8 Å². The highest BCUT2D eigenvalue weighted by Gasteiger charge is 2.09. The van der Waals surface area contributed by atoms with Crippen LogP contribution in [-0.2, 0) is 0 Å². The predicted molar refractivity (Wildman–Crippen MR) is 81.7 cm³/mol. The van der Waals surface area contributed by atoms with Gasteiger partial charge in [-0.15, -0.1) is 11.3 Å². The van der Waals surface area contributed by atoms with Crippen LogP contribution in [0.25, 0.3) is 11.3 Å². The Hall–Kier alpha value is -1.75. The highest BCUT2D eigenvalue weighted by Crippen LogP contribution is 2.27. The number of halogens is 1. The largest absolute Gasteiger partial charge is 0.253 e. The van der Waals surface area contributed by atoms with Crippen molar-refractivity contribution in [3.63, 3.8) is 0 Å². The van der Waals surface area contributed by atoms with Crippen molar-refractivity contribution in [2.24, 2.45) is 5.10 Å². The highest BCUT2D eigenvalue weighted by atomic mass is 32.1. The second-order valence-corrected chi connectivity index (χ2v) is 5.73. The van der Waals surface area contributed by atoms with Crippen molar-refractivity contribution in [3.05, 3.63) is 35.5 Å². The second kappa shape index (κ2) is 6.13. The molecule has 1 saturated carbocycles. The Balaban J connectivity index is 1.72. The van der Waals surface area contributed by atoms with Crippen molar-refractivity contribution in [1.29, 1.82) is 0 Å². The number of hydrazone groups is 1. The summed E-state index contributed by atoms with van der Waals surface area (Å²) in [4.78, 5) is 4.39. The normalized spacial score (nSPS) is 15.2. The second-order valence-electron chi connectivity index (χ2n) is 4.87. The van der Waals surface area contributed by atoms with Crippen LogP contribution >= 0.6 is 11.3 Å². The molecule has 1 fully saturated rings. The molecule has 0 saturated heterocycles. The lowest BCUT2D eigenvalue weighted by molar-refractivity contribution is 0.631. The van der Waals surface area contributed by atoms with Gasteiger partial charge in [0.2, 0.25) is 5.13 Å². The number of nitrogens with one attached hydrogen (secondary N) is 1. The molecular weight excluding hydrogens is 273 g/mol. The molecule has 1 aliphatic rings. The third kappa shape index (κ3) is 3.04. The molecule has 1 heterocycles. The molecule has 3 rings (SSSR count). The first-order valence-corrected chi connectivity index (χ1v) is 7.73. The number of aromatic nitrogens is 1. The van der Waals surface area contributed by atoms with E-state index in [1.165, 1.54) is 42.4 Å². The number of thiazole rings is 1. The van der Waals surface area contributed by atoms with E-state index in [2.05, 4.69) is 15.5 Å². The quantitative estimate of drug-likeness (QED) is 0.833. The predicted octanol–water partition coefficient (Wildman–Crippen LogP) is 4.68. The van der Waals surface area contributed by atoms with E-state index in [4.69, 9.17) is 0 Å². The van der Waals surface area contributed by atoms with Crippen LogP contribution in [0.4, 0.5) is 9.52 Å². The summed E-state index contributed by atoms with van der Waals surface area (Å²) in [7, 11) is 0. The molecule has 3 nitrogen and oxygen atoms in total. The Morgan fingerprint density at radius 1 is 1.15 bits per heavy atom. The maximum absolute atomic E-state index is 13.7. The molecule has 0 bridgehead atoms. The van der Waals surface area contributed by atoms with Crippen molar-refractivity contribution >= 4 is 22.2 Å². The molecule has 1 N–H and O–H groups in total. The average Bonchev–Trinajstić information content (AvgIpc) is 2.95. The lowest BCUT2D eigenvalue weighted by Crippen LogP contribution is -2.07. The summed E-state index contributed by atoms with van der Waals surface area (Å²) >= 11 is 1.45. The van der Waals surface area contributed by atoms with E-state index in [-0.39, 0.29) is 5.82 Å².